The van der Waals surface area contributed by atoms with Gasteiger partial charge in [0.05, 0.1) is 0 Å². The molecule has 1 saturated carbocycles. The van der Waals surface area contributed by atoms with E-state index in [4.69, 9.17) is 0 Å². The van der Waals surface area contributed by atoms with Crippen LogP contribution in [0.4, 0.5) is 0 Å². The highest BCUT2D eigenvalue weighted by molar-refractivity contribution is 5.76. The van der Waals surface area contributed by atoms with Gasteiger partial charge in [-0.15, -0.1) is 0 Å². The second-order valence-electron chi connectivity index (χ2n) is 7.80. The molecule has 156 valence electrons. The fourth-order valence-corrected chi connectivity index (χ4v) is 4.17. The number of aromatic amines is 1. The largest absolute Gasteiger partial charge is 0.396 e. The second kappa shape index (κ2) is 10.3. The summed E-state index contributed by atoms with van der Waals surface area (Å²) in [6, 6.07) is 3.59. The molecule has 0 spiro atoms. The number of H-pyrrole nitrogens is 1. The Bertz CT molecular complexity index is 860. The maximum absolute atomic E-state index is 12.5. The number of aromatic nitrogens is 3. The summed E-state index contributed by atoms with van der Waals surface area (Å²) in [7, 11) is 0. The van der Waals surface area contributed by atoms with E-state index in [1.54, 1.807) is 31.5 Å². The van der Waals surface area contributed by atoms with Crippen molar-refractivity contribution in [3.63, 3.8) is 0 Å². The molecule has 0 saturated heterocycles. The molecule has 7 nitrogen and oxygen atoms in total. The molecule has 1 unspecified atom stereocenters. The number of pyridine rings is 1. The molecule has 0 radical (unpaired) electrons. The van der Waals surface area contributed by atoms with Gasteiger partial charge in [-0.2, -0.15) is 0 Å². The Morgan fingerprint density at radius 3 is 2.66 bits per heavy atom. The monoisotopic (exact) mass is 398 g/mol. The Balaban J connectivity index is 1.62. The Labute approximate surface area is 171 Å². The Kier molecular flexibility index (Phi) is 7.52. The normalized spacial score (nSPS) is 15.8. The molecule has 2 aromatic rings. The highest BCUT2D eigenvalue weighted by Crippen LogP contribution is 2.27. The number of aliphatic hydroxyl groups excluding tert-OH is 1. The minimum absolute atomic E-state index is 0.0133. The van der Waals surface area contributed by atoms with Gasteiger partial charge in [0.2, 0.25) is 5.91 Å². The predicted molar refractivity (Wildman–Crippen MR) is 111 cm³/mol. The summed E-state index contributed by atoms with van der Waals surface area (Å²) in [6.45, 7) is 1.87. The molecular weight excluding hydrogens is 368 g/mol. The average molecular weight is 399 g/mol. The van der Waals surface area contributed by atoms with Crippen molar-refractivity contribution in [3.8, 4) is 11.4 Å². The van der Waals surface area contributed by atoms with E-state index in [0.29, 0.717) is 35.8 Å². The summed E-state index contributed by atoms with van der Waals surface area (Å²) in [6.07, 6.45) is 10.3. The van der Waals surface area contributed by atoms with Crippen LogP contribution in [0.15, 0.2) is 29.3 Å². The Hall–Kier alpha value is -2.54. The van der Waals surface area contributed by atoms with Crippen molar-refractivity contribution in [1.29, 1.82) is 0 Å². The van der Waals surface area contributed by atoms with Gasteiger partial charge in [0, 0.05) is 48.3 Å². The molecule has 0 bridgehead atoms. The third kappa shape index (κ3) is 5.73. The number of carbonyl (C=O) groups is 1. The highest BCUT2D eigenvalue weighted by atomic mass is 16.3. The number of nitrogens with one attached hydrogen (secondary N) is 2. The third-order valence-corrected chi connectivity index (χ3v) is 5.78. The number of aliphatic hydroxyl groups is 1. The summed E-state index contributed by atoms with van der Waals surface area (Å²) in [5.74, 6) is 0.862. The average Bonchev–Trinajstić information content (AvgIpc) is 2.74. The van der Waals surface area contributed by atoms with Crippen LogP contribution >= 0.6 is 0 Å². The summed E-state index contributed by atoms with van der Waals surface area (Å²) < 4.78 is 0. The molecule has 0 aromatic carbocycles. The fraction of sp³-hybridized carbons (Fsp3) is 0.545. The van der Waals surface area contributed by atoms with E-state index < -0.39 is 0 Å². The van der Waals surface area contributed by atoms with Gasteiger partial charge in [-0.25, -0.2) is 4.98 Å². The van der Waals surface area contributed by atoms with Crippen molar-refractivity contribution in [2.45, 2.75) is 64.3 Å². The van der Waals surface area contributed by atoms with E-state index >= 15 is 0 Å². The van der Waals surface area contributed by atoms with Crippen molar-refractivity contribution in [1.82, 2.24) is 20.3 Å². The van der Waals surface area contributed by atoms with Gasteiger partial charge in [-0.05, 0) is 50.7 Å². The summed E-state index contributed by atoms with van der Waals surface area (Å²) in [5, 5.41) is 12.5. The molecule has 3 N–H and O–H groups in total. The van der Waals surface area contributed by atoms with Gasteiger partial charge in [-0.1, -0.05) is 19.3 Å². The van der Waals surface area contributed by atoms with Gasteiger partial charge in [0.15, 0.2) is 0 Å². The maximum Gasteiger partial charge on any atom is 0.254 e. The van der Waals surface area contributed by atoms with Crippen LogP contribution in [0.2, 0.25) is 0 Å². The molecular formula is C22H30N4O3. The molecule has 1 aliphatic carbocycles. The quantitative estimate of drug-likeness (QED) is 0.633. The first kappa shape index (κ1) is 21.2. The lowest BCUT2D eigenvalue weighted by atomic mass is 9.82. The molecule has 2 aromatic heterocycles. The minimum Gasteiger partial charge on any atom is -0.396 e. The van der Waals surface area contributed by atoms with Crippen molar-refractivity contribution < 1.29 is 9.90 Å². The lowest BCUT2D eigenvalue weighted by molar-refractivity contribution is -0.122. The first-order valence-electron chi connectivity index (χ1n) is 10.5. The zero-order chi connectivity index (χ0) is 20.6. The zero-order valence-electron chi connectivity index (χ0n) is 17.0. The van der Waals surface area contributed by atoms with Crippen LogP contribution in [0.1, 0.15) is 56.2 Å². The van der Waals surface area contributed by atoms with E-state index in [-0.39, 0.29) is 30.5 Å². The number of carbonyl (C=O) groups excluding carboxylic acids is 1. The maximum atomic E-state index is 12.5. The molecule has 1 amide bonds. The number of amides is 1. The number of nitrogens with zero attached hydrogens (tertiary/aromatic N) is 2. The molecule has 0 aliphatic heterocycles. The van der Waals surface area contributed by atoms with Crippen LogP contribution in [-0.4, -0.2) is 38.6 Å². The second-order valence-corrected chi connectivity index (χ2v) is 7.80. The number of rotatable bonds is 8. The number of aryl methyl sites for hydroxylation is 1. The SMILES string of the molecule is Cc1nc(-c2ccncc2)[nH]c(=O)c1CCC(=O)NC(CCO)C1CCCCC1. The van der Waals surface area contributed by atoms with Crippen molar-refractivity contribution in [3.05, 3.63) is 46.1 Å². The van der Waals surface area contributed by atoms with Crippen molar-refractivity contribution >= 4 is 5.91 Å². The van der Waals surface area contributed by atoms with E-state index in [9.17, 15) is 14.7 Å². The molecule has 1 atom stereocenters. The lowest BCUT2D eigenvalue weighted by Gasteiger charge is -2.30. The van der Waals surface area contributed by atoms with E-state index in [2.05, 4.69) is 20.3 Å². The smallest absolute Gasteiger partial charge is 0.254 e. The Morgan fingerprint density at radius 2 is 2.00 bits per heavy atom. The lowest BCUT2D eigenvalue weighted by Crippen LogP contribution is -2.42. The van der Waals surface area contributed by atoms with Gasteiger partial charge in [0.1, 0.15) is 5.82 Å². The molecule has 2 heterocycles. The first-order chi connectivity index (χ1) is 14.1. The van der Waals surface area contributed by atoms with Gasteiger partial charge in [0.25, 0.3) is 5.56 Å². The van der Waals surface area contributed by atoms with Gasteiger partial charge < -0.3 is 15.4 Å². The van der Waals surface area contributed by atoms with Crippen molar-refractivity contribution in [2.75, 3.05) is 6.61 Å². The molecule has 1 aliphatic rings. The zero-order valence-corrected chi connectivity index (χ0v) is 17.0. The first-order valence-corrected chi connectivity index (χ1v) is 10.5. The van der Waals surface area contributed by atoms with Gasteiger partial charge >= 0.3 is 0 Å². The topological polar surface area (TPSA) is 108 Å². The highest BCUT2D eigenvalue weighted by Gasteiger charge is 2.24. The molecule has 7 heteroatoms. The van der Waals surface area contributed by atoms with Crippen LogP contribution in [0, 0.1) is 12.8 Å². The van der Waals surface area contributed by atoms with Crippen LogP contribution in [0.3, 0.4) is 0 Å². The van der Waals surface area contributed by atoms with Crippen LogP contribution in [-0.2, 0) is 11.2 Å². The minimum atomic E-state index is -0.212. The van der Waals surface area contributed by atoms with Crippen LogP contribution in [0.5, 0.6) is 0 Å². The molecule has 3 rings (SSSR count). The Morgan fingerprint density at radius 1 is 1.28 bits per heavy atom. The molecule has 29 heavy (non-hydrogen) atoms. The van der Waals surface area contributed by atoms with E-state index in [0.717, 1.165) is 18.4 Å². The van der Waals surface area contributed by atoms with E-state index in [1.807, 2.05) is 0 Å². The van der Waals surface area contributed by atoms with Crippen molar-refractivity contribution in [2.24, 2.45) is 5.92 Å². The number of hydrogen-bond acceptors (Lipinski definition) is 5. The predicted octanol–water partition coefficient (Wildman–Crippen LogP) is 2.52. The number of hydrogen-bond donors (Lipinski definition) is 3. The summed E-state index contributed by atoms with van der Waals surface area (Å²) in [4.78, 5) is 36.3. The van der Waals surface area contributed by atoms with Crippen LogP contribution < -0.4 is 10.9 Å². The van der Waals surface area contributed by atoms with Gasteiger partial charge in [-0.3, -0.25) is 14.6 Å². The molecule has 1 fully saturated rings. The third-order valence-electron chi connectivity index (χ3n) is 5.78. The summed E-state index contributed by atoms with van der Waals surface area (Å²) >= 11 is 0. The van der Waals surface area contributed by atoms with Crippen LogP contribution in [0.25, 0.3) is 11.4 Å². The standard InChI is InChI=1S/C22H30N4O3/c1-15-18(22(29)26-21(24-15)17-9-12-23-13-10-17)7-8-20(28)25-19(11-14-27)16-5-3-2-4-6-16/h9-10,12-13,16,19,27H,2-8,11,14H2,1H3,(H,25,28)(H,24,26,29). The fourth-order valence-electron chi connectivity index (χ4n) is 4.17. The summed E-state index contributed by atoms with van der Waals surface area (Å²) in [5.41, 5.74) is 1.75. The van der Waals surface area contributed by atoms with E-state index in [1.165, 1.54) is 19.3 Å².